The highest BCUT2D eigenvalue weighted by molar-refractivity contribution is 6.30. The summed E-state index contributed by atoms with van der Waals surface area (Å²) in [7, 11) is 2.16. The van der Waals surface area contributed by atoms with Crippen molar-refractivity contribution < 1.29 is 0 Å². The Balaban J connectivity index is 2.24. The number of nitrogens with two attached hydrogens (primary N) is 1. The molecule has 1 aromatic carbocycles. The van der Waals surface area contributed by atoms with E-state index in [0.717, 1.165) is 11.4 Å². The van der Waals surface area contributed by atoms with Crippen molar-refractivity contribution >= 4 is 17.3 Å². The fourth-order valence-electron chi connectivity index (χ4n) is 2.20. The van der Waals surface area contributed by atoms with Crippen molar-refractivity contribution in [1.29, 1.82) is 0 Å². The summed E-state index contributed by atoms with van der Waals surface area (Å²) < 4.78 is 0. The molecule has 1 fully saturated rings. The van der Waals surface area contributed by atoms with Crippen LogP contribution in [0.2, 0.25) is 5.02 Å². The summed E-state index contributed by atoms with van der Waals surface area (Å²) in [5.74, 6) is 0. The van der Waals surface area contributed by atoms with Crippen molar-refractivity contribution in [3.63, 3.8) is 0 Å². The van der Waals surface area contributed by atoms with E-state index >= 15 is 0 Å². The molecule has 0 aliphatic heterocycles. The smallest absolute Gasteiger partial charge is 0.0426 e. The van der Waals surface area contributed by atoms with Gasteiger partial charge in [0.25, 0.3) is 0 Å². The van der Waals surface area contributed by atoms with Crippen LogP contribution in [-0.2, 0) is 6.42 Å². The van der Waals surface area contributed by atoms with Crippen LogP contribution >= 0.6 is 11.6 Å². The average Bonchev–Trinajstić information content (AvgIpc) is 2.18. The van der Waals surface area contributed by atoms with Gasteiger partial charge in [0.15, 0.2) is 0 Å². The largest absolute Gasteiger partial charge is 0.371 e. The van der Waals surface area contributed by atoms with E-state index in [0.29, 0.717) is 12.6 Å². The molecule has 88 valence electrons. The molecule has 0 spiro atoms. The SMILES string of the molecule is CN(c1cc(Cl)ccc1CCN)C1CCC1. The van der Waals surface area contributed by atoms with Crippen LogP contribution in [0.15, 0.2) is 18.2 Å². The molecule has 0 saturated heterocycles. The lowest BCUT2D eigenvalue weighted by Gasteiger charge is -2.37. The standard InChI is InChI=1S/C13H19ClN2/c1-16(12-3-2-4-12)13-9-11(14)6-5-10(13)7-8-15/h5-6,9,12H,2-4,7-8,15H2,1H3. The second kappa shape index (κ2) is 5.07. The summed E-state index contributed by atoms with van der Waals surface area (Å²) in [6.07, 6.45) is 4.86. The number of hydrogen-bond donors (Lipinski definition) is 1. The van der Waals surface area contributed by atoms with Crippen LogP contribution in [-0.4, -0.2) is 19.6 Å². The number of halogens is 1. The summed E-state index contributed by atoms with van der Waals surface area (Å²) in [5, 5.41) is 0.807. The van der Waals surface area contributed by atoms with Crippen molar-refractivity contribution in [1.82, 2.24) is 0 Å². The Morgan fingerprint density at radius 3 is 2.75 bits per heavy atom. The van der Waals surface area contributed by atoms with Gasteiger partial charge in [-0.05, 0) is 49.9 Å². The van der Waals surface area contributed by atoms with Crippen LogP contribution in [0, 0.1) is 0 Å². The number of hydrogen-bond acceptors (Lipinski definition) is 2. The molecule has 1 saturated carbocycles. The lowest BCUT2D eigenvalue weighted by Crippen LogP contribution is -2.37. The molecule has 0 radical (unpaired) electrons. The van der Waals surface area contributed by atoms with Gasteiger partial charge in [0, 0.05) is 23.8 Å². The normalized spacial score (nSPS) is 15.9. The fraction of sp³-hybridized carbons (Fsp3) is 0.538. The number of nitrogens with zero attached hydrogens (tertiary/aromatic N) is 1. The Hall–Kier alpha value is -0.730. The van der Waals surface area contributed by atoms with Gasteiger partial charge in [-0.1, -0.05) is 17.7 Å². The van der Waals surface area contributed by atoms with E-state index < -0.39 is 0 Å². The van der Waals surface area contributed by atoms with Crippen LogP contribution in [0.5, 0.6) is 0 Å². The van der Waals surface area contributed by atoms with Gasteiger partial charge < -0.3 is 10.6 Å². The third-order valence-electron chi connectivity index (χ3n) is 3.46. The minimum atomic E-state index is 0.688. The van der Waals surface area contributed by atoms with E-state index in [2.05, 4.69) is 24.1 Å². The molecule has 0 atom stereocenters. The number of rotatable bonds is 4. The van der Waals surface area contributed by atoms with Crippen molar-refractivity contribution in [2.75, 3.05) is 18.5 Å². The third kappa shape index (κ3) is 2.33. The molecule has 3 heteroatoms. The predicted octanol–water partition coefficient (Wildman–Crippen LogP) is 2.83. The molecule has 16 heavy (non-hydrogen) atoms. The monoisotopic (exact) mass is 238 g/mol. The topological polar surface area (TPSA) is 29.3 Å². The van der Waals surface area contributed by atoms with Crippen molar-refractivity contribution in [2.24, 2.45) is 5.73 Å². The molecule has 0 aromatic heterocycles. The molecule has 0 bridgehead atoms. The lowest BCUT2D eigenvalue weighted by atomic mass is 9.91. The van der Waals surface area contributed by atoms with Gasteiger partial charge in [-0.15, -0.1) is 0 Å². The fourth-order valence-corrected chi connectivity index (χ4v) is 2.37. The predicted molar refractivity (Wildman–Crippen MR) is 70.3 cm³/mol. The van der Waals surface area contributed by atoms with E-state index in [1.807, 2.05) is 6.07 Å². The first-order valence-corrected chi connectivity index (χ1v) is 6.31. The van der Waals surface area contributed by atoms with Crippen LogP contribution in [0.25, 0.3) is 0 Å². The first kappa shape index (κ1) is 11.7. The second-order valence-corrected chi connectivity index (χ2v) is 4.94. The number of anilines is 1. The molecule has 0 heterocycles. The first-order valence-electron chi connectivity index (χ1n) is 5.93. The van der Waals surface area contributed by atoms with E-state index in [4.69, 9.17) is 17.3 Å². The van der Waals surface area contributed by atoms with Gasteiger partial charge in [0.05, 0.1) is 0 Å². The Bertz CT molecular complexity index is 361. The van der Waals surface area contributed by atoms with Crippen LogP contribution in [0.4, 0.5) is 5.69 Å². The summed E-state index contributed by atoms with van der Waals surface area (Å²) >= 11 is 6.07. The molecule has 2 nitrogen and oxygen atoms in total. The average molecular weight is 239 g/mol. The van der Waals surface area contributed by atoms with Crippen molar-refractivity contribution in [3.8, 4) is 0 Å². The van der Waals surface area contributed by atoms with Gasteiger partial charge in [0.1, 0.15) is 0 Å². The highest BCUT2D eigenvalue weighted by Crippen LogP contribution is 2.32. The van der Waals surface area contributed by atoms with Gasteiger partial charge in [-0.2, -0.15) is 0 Å². The molecule has 2 N–H and O–H groups in total. The Labute approximate surface area is 102 Å². The summed E-state index contributed by atoms with van der Waals surface area (Å²) in [5.41, 5.74) is 8.20. The summed E-state index contributed by atoms with van der Waals surface area (Å²) in [6, 6.07) is 6.80. The third-order valence-corrected chi connectivity index (χ3v) is 3.70. The van der Waals surface area contributed by atoms with Gasteiger partial charge in [-0.3, -0.25) is 0 Å². The molecule has 0 amide bonds. The van der Waals surface area contributed by atoms with Gasteiger partial charge in [-0.25, -0.2) is 0 Å². The molecular weight excluding hydrogens is 220 g/mol. The molecular formula is C13H19ClN2. The maximum Gasteiger partial charge on any atom is 0.0426 e. The van der Waals surface area contributed by atoms with Gasteiger partial charge >= 0.3 is 0 Å². The molecule has 0 unspecified atom stereocenters. The highest BCUT2D eigenvalue weighted by atomic mass is 35.5. The van der Waals surface area contributed by atoms with Crippen LogP contribution in [0.3, 0.4) is 0 Å². The van der Waals surface area contributed by atoms with Crippen LogP contribution < -0.4 is 10.6 Å². The second-order valence-electron chi connectivity index (χ2n) is 4.51. The Morgan fingerprint density at radius 2 is 2.19 bits per heavy atom. The first-order chi connectivity index (χ1) is 7.72. The minimum absolute atomic E-state index is 0.688. The molecule has 1 aliphatic rings. The lowest BCUT2D eigenvalue weighted by molar-refractivity contribution is 0.400. The maximum atomic E-state index is 6.07. The zero-order valence-electron chi connectivity index (χ0n) is 9.75. The number of benzene rings is 1. The zero-order valence-corrected chi connectivity index (χ0v) is 10.5. The van der Waals surface area contributed by atoms with E-state index in [-0.39, 0.29) is 0 Å². The van der Waals surface area contributed by atoms with Crippen LogP contribution in [0.1, 0.15) is 24.8 Å². The van der Waals surface area contributed by atoms with E-state index in [1.165, 1.54) is 30.5 Å². The van der Waals surface area contributed by atoms with E-state index in [1.54, 1.807) is 0 Å². The molecule has 1 aliphatic carbocycles. The minimum Gasteiger partial charge on any atom is -0.371 e. The van der Waals surface area contributed by atoms with Crippen molar-refractivity contribution in [2.45, 2.75) is 31.7 Å². The summed E-state index contributed by atoms with van der Waals surface area (Å²) in [6.45, 7) is 0.688. The summed E-state index contributed by atoms with van der Waals surface area (Å²) in [4.78, 5) is 2.36. The maximum absolute atomic E-state index is 6.07. The van der Waals surface area contributed by atoms with Gasteiger partial charge in [0.2, 0.25) is 0 Å². The molecule has 2 rings (SSSR count). The van der Waals surface area contributed by atoms with E-state index in [9.17, 15) is 0 Å². The Kier molecular flexibility index (Phi) is 3.72. The Morgan fingerprint density at radius 1 is 1.44 bits per heavy atom. The zero-order chi connectivity index (χ0) is 11.5. The molecule has 1 aromatic rings. The quantitative estimate of drug-likeness (QED) is 0.874. The highest BCUT2D eigenvalue weighted by Gasteiger charge is 2.23. The van der Waals surface area contributed by atoms with Crippen molar-refractivity contribution in [3.05, 3.63) is 28.8 Å².